The second-order valence-corrected chi connectivity index (χ2v) is 8.67. The fourth-order valence-corrected chi connectivity index (χ4v) is 5.04. The van der Waals surface area contributed by atoms with Gasteiger partial charge >= 0.3 is 0 Å². The molecule has 0 aromatic heterocycles. The molecule has 5 rings (SSSR count). The molecule has 1 saturated carbocycles. The number of hydrogen-bond donors (Lipinski definition) is 0. The number of carbonyl (C=O) groups is 2. The number of halogens is 2. The van der Waals surface area contributed by atoms with Gasteiger partial charge in [0.15, 0.2) is 0 Å². The Bertz CT molecular complexity index is 1050. The third kappa shape index (κ3) is 3.32. The molecule has 1 saturated heterocycles. The van der Waals surface area contributed by atoms with E-state index in [-0.39, 0.29) is 35.5 Å². The zero-order valence-electron chi connectivity index (χ0n) is 15.9. The number of hydrazone groups is 1. The summed E-state index contributed by atoms with van der Waals surface area (Å²) in [4.78, 5) is 25.3. The van der Waals surface area contributed by atoms with Crippen LogP contribution in [-0.2, 0) is 16.2 Å². The largest absolute Gasteiger partial charge is 0.489 e. The molecule has 2 amide bonds. The molecular weight excluding hydrogens is 423 g/mol. The molecule has 5 nitrogen and oxygen atoms in total. The summed E-state index contributed by atoms with van der Waals surface area (Å²) in [6.07, 6.45) is 6.58. The molecule has 0 spiro atoms. The van der Waals surface area contributed by atoms with Crippen LogP contribution in [0.2, 0.25) is 10.0 Å². The molecular formula is C23H18Cl2N2O3. The van der Waals surface area contributed by atoms with Crippen LogP contribution >= 0.6 is 23.2 Å². The fourth-order valence-electron chi connectivity index (χ4n) is 4.57. The number of ether oxygens (including phenoxy) is 1. The number of nitrogens with zero attached hydrogens (tertiary/aromatic N) is 2. The molecule has 30 heavy (non-hydrogen) atoms. The van der Waals surface area contributed by atoms with E-state index < -0.39 is 0 Å². The molecule has 2 aromatic carbocycles. The van der Waals surface area contributed by atoms with Crippen molar-refractivity contribution in [1.29, 1.82) is 0 Å². The van der Waals surface area contributed by atoms with E-state index in [1.807, 2.05) is 18.2 Å². The van der Waals surface area contributed by atoms with E-state index in [4.69, 9.17) is 27.9 Å². The minimum absolute atomic E-state index is 0.183. The number of rotatable bonds is 5. The average molecular weight is 441 g/mol. The summed E-state index contributed by atoms with van der Waals surface area (Å²) in [5.41, 5.74) is 1.61. The normalized spacial score (nSPS) is 26.8. The van der Waals surface area contributed by atoms with Crippen molar-refractivity contribution >= 4 is 41.2 Å². The van der Waals surface area contributed by atoms with Crippen molar-refractivity contribution < 1.29 is 14.3 Å². The Labute approximate surface area is 183 Å². The summed E-state index contributed by atoms with van der Waals surface area (Å²) >= 11 is 12.1. The van der Waals surface area contributed by atoms with Gasteiger partial charge in [0.2, 0.25) is 0 Å². The van der Waals surface area contributed by atoms with E-state index in [1.54, 1.807) is 24.3 Å². The van der Waals surface area contributed by atoms with Crippen molar-refractivity contribution in [1.82, 2.24) is 5.01 Å². The Morgan fingerprint density at radius 1 is 1.00 bits per heavy atom. The van der Waals surface area contributed by atoms with Crippen LogP contribution in [0.3, 0.4) is 0 Å². The van der Waals surface area contributed by atoms with Gasteiger partial charge < -0.3 is 4.74 Å². The number of carbonyl (C=O) groups excluding carboxylic acids is 2. The summed E-state index contributed by atoms with van der Waals surface area (Å²) in [5.74, 6) is 0.198. The van der Waals surface area contributed by atoms with Crippen LogP contribution in [0.25, 0.3) is 0 Å². The van der Waals surface area contributed by atoms with Crippen LogP contribution in [-0.4, -0.2) is 23.0 Å². The highest BCUT2D eigenvalue weighted by molar-refractivity contribution is 6.35. The predicted octanol–water partition coefficient (Wildman–Crippen LogP) is 4.71. The molecule has 1 heterocycles. The number of fused-ring (bicyclic) bond motifs is 5. The number of benzene rings is 2. The Balaban J connectivity index is 1.23. The summed E-state index contributed by atoms with van der Waals surface area (Å²) in [5, 5.41) is 6.37. The van der Waals surface area contributed by atoms with Crippen LogP contribution in [0.4, 0.5) is 0 Å². The van der Waals surface area contributed by atoms with Crippen molar-refractivity contribution in [3.63, 3.8) is 0 Å². The maximum absolute atomic E-state index is 12.6. The van der Waals surface area contributed by atoms with E-state index in [1.165, 1.54) is 6.21 Å². The summed E-state index contributed by atoms with van der Waals surface area (Å²) in [7, 11) is 0. The van der Waals surface area contributed by atoms with Gasteiger partial charge in [0.1, 0.15) is 12.4 Å². The van der Waals surface area contributed by atoms with E-state index in [0.29, 0.717) is 22.4 Å². The molecule has 7 heteroatoms. The number of allylic oxidation sites excluding steroid dienone is 2. The fraction of sp³-hybridized carbons (Fsp3) is 0.261. The molecule has 4 atom stereocenters. The van der Waals surface area contributed by atoms with Crippen LogP contribution in [0.1, 0.15) is 17.5 Å². The third-order valence-corrected chi connectivity index (χ3v) is 6.65. The molecule has 3 aliphatic rings. The van der Waals surface area contributed by atoms with Gasteiger partial charge in [-0.2, -0.15) is 10.1 Å². The topological polar surface area (TPSA) is 59.0 Å². The average Bonchev–Trinajstić information content (AvgIpc) is 3.41. The second-order valence-electron chi connectivity index (χ2n) is 7.83. The van der Waals surface area contributed by atoms with Gasteiger partial charge in [0.05, 0.1) is 18.1 Å². The van der Waals surface area contributed by atoms with Gasteiger partial charge in [-0.25, -0.2) is 0 Å². The Morgan fingerprint density at radius 2 is 1.67 bits per heavy atom. The van der Waals surface area contributed by atoms with Crippen LogP contribution in [0.15, 0.2) is 59.7 Å². The smallest absolute Gasteiger partial charge is 0.254 e. The van der Waals surface area contributed by atoms with Gasteiger partial charge in [-0.05, 0) is 60.2 Å². The van der Waals surface area contributed by atoms with Crippen molar-refractivity contribution in [3.05, 3.63) is 75.8 Å². The first-order chi connectivity index (χ1) is 14.5. The van der Waals surface area contributed by atoms with Crippen LogP contribution in [0.5, 0.6) is 5.75 Å². The lowest BCUT2D eigenvalue weighted by atomic mass is 9.85. The van der Waals surface area contributed by atoms with Crippen molar-refractivity contribution in [2.45, 2.75) is 13.0 Å². The first-order valence-electron chi connectivity index (χ1n) is 9.78. The van der Waals surface area contributed by atoms with Crippen molar-refractivity contribution in [2.24, 2.45) is 28.8 Å². The van der Waals surface area contributed by atoms with E-state index in [9.17, 15) is 9.59 Å². The summed E-state index contributed by atoms with van der Waals surface area (Å²) < 4.78 is 5.76. The lowest BCUT2D eigenvalue weighted by Crippen LogP contribution is -2.28. The van der Waals surface area contributed by atoms with Gasteiger partial charge in [-0.1, -0.05) is 41.4 Å². The number of amides is 2. The van der Waals surface area contributed by atoms with Gasteiger partial charge in [-0.3, -0.25) is 9.59 Å². The maximum atomic E-state index is 12.6. The van der Waals surface area contributed by atoms with Gasteiger partial charge in [-0.15, -0.1) is 0 Å². The standard InChI is InChI=1S/C23H18Cl2N2O3/c24-17-6-5-16(19(25)10-17)12-30-18-7-1-13(2-8-18)11-26-27-22(28)20-14-3-4-15(9-14)21(20)23(27)29/h1-8,10-11,14-15,20-21H,9,12H2/b26-11+. The predicted molar refractivity (Wildman–Crippen MR) is 114 cm³/mol. The third-order valence-electron chi connectivity index (χ3n) is 6.06. The van der Waals surface area contributed by atoms with Gasteiger partial charge in [0.25, 0.3) is 11.8 Å². The van der Waals surface area contributed by atoms with E-state index >= 15 is 0 Å². The molecule has 152 valence electrons. The molecule has 2 bridgehead atoms. The molecule has 4 unspecified atom stereocenters. The molecule has 0 radical (unpaired) electrons. The summed E-state index contributed by atoms with van der Waals surface area (Å²) in [6.45, 7) is 0.319. The van der Waals surface area contributed by atoms with Crippen molar-refractivity contribution in [2.75, 3.05) is 0 Å². The molecule has 2 aliphatic carbocycles. The van der Waals surface area contributed by atoms with Crippen LogP contribution in [0, 0.1) is 23.7 Å². The Kier molecular flexibility index (Phi) is 4.88. The zero-order valence-corrected chi connectivity index (χ0v) is 17.4. The first kappa shape index (κ1) is 19.3. The highest BCUT2D eigenvalue weighted by atomic mass is 35.5. The highest BCUT2D eigenvalue weighted by Crippen LogP contribution is 2.52. The number of imide groups is 1. The molecule has 2 fully saturated rings. The quantitative estimate of drug-likeness (QED) is 0.384. The monoisotopic (exact) mass is 440 g/mol. The Hall–Kier alpha value is -2.63. The van der Waals surface area contributed by atoms with Gasteiger partial charge in [0, 0.05) is 15.6 Å². The van der Waals surface area contributed by atoms with Crippen molar-refractivity contribution in [3.8, 4) is 5.75 Å². The lowest BCUT2D eigenvalue weighted by molar-refractivity contribution is -0.140. The first-order valence-corrected chi connectivity index (χ1v) is 10.5. The number of hydrogen-bond acceptors (Lipinski definition) is 4. The minimum Gasteiger partial charge on any atom is -0.489 e. The molecule has 1 aliphatic heterocycles. The maximum Gasteiger partial charge on any atom is 0.254 e. The van der Waals surface area contributed by atoms with Crippen LogP contribution < -0.4 is 4.74 Å². The lowest BCUT2D eigenvalue weighted by Gasteiger charge is -2.13. The Morgan fingerprint density at radius 3 is 2.30 bits per heavy atom. The molecule has 0 N–H and O–H groups in total. The SMILES string of the molecule is O=C1C2C3C=CC(C3)C2C(=O)N1/N=C/c1ccc(OCc2ccc(Cl)cc2Cl)cc1. The zero-order chi connectivity index (χ0) is 20.8. The highest BCUT2D eigenvalue weighted by Gasteiger charge is 2.59. The van der Waals surface area contributed by atoms with E-state index in [0.717, 1.165) is 22.6 Å². The second kappa shape index (κ2) is 7.56. The summed E-state index contributed by atoms with van der Waals surface area (Å²) in [6, 6.07) is 12.5. The van der Waals surface area contributed by atoms with E-state index in [2.05, 4.69) is 17.3 Å². The molecule has 2 aromatic rings. The minimum atomic E-state index is -0.236.